The minimum Gasteiger partial charge on any atom is -0.482 e. The number of ether oxygens (including phenoxy) is 3. The quantitative estimate of drug-likeness (QED) is 0.0550. The van der Waals surface area contributed by atoms with Crippen molar-refractivity contribution in [2.75, 3.05) is 72.9 Å². The number of amides is 5. The van der Waals surface area contributed by atoms with E-state index in [2.05, 4.69) is 36.2 Å². The first kappa shape index (κ1) is 57.4. The minimum atomic E-state index is -0.869. The normalized spacial score (nSPS) is 17.8. The summed E-state index contributed by atoms with van der Waals surface area (Å²) in [5.41, 5.74) is 10.4. The van der Waals surface area contributed by atoms with Gasteiger partial charge >= 0.3 is 5.82 Å². The van der Waals surface area contributed by atoms with Gasteiger partial charge in [-0.15, -0.1) is 0 Å². The van der Waals surface area contributed by atoms with Crippen LogP contribution in [-0.4, -0.2) is 150 Å². The maximum atomic E-state index is 14.4. The van der Waals surface area contributed by atoms with Crippen LogP contribution in [0.1, 0.15) is 106 Å². The van der Waals surface area contributed by atoms with Crippen molar-refractivity contribution in [3.63, 3.8) is 0 Å². The van der Waals surface area contributed by atoms with E-state index in [1.165, 1.54) is 0 Å². The molecule has 6 N–H and O–H groups in total. The van der Waals surface area contributed by atoms with Gasteiger partial charge in [0, 0.05) is 62.7 Å². The number of anilines is 1. The van der Waals surface area contributed by atoms with Gasteiger partial charge in [0.15, 0.2) is 11.6 Å². The van der Waals surface area contributed by atoms with Crippen LogP contribution in [0.5, 0.6) is 5.75 Å². The first-order chi connectivity index (χ1) is 35.7. The topological polar surface area (TPSA) is 232 Å². The van der Waals surface area contributed by atoms with Gasteiger partial charge in [0.25, 0.3) is 5.91 Å². The molecule has 2 bridgehead atoms. The van der Waals surface area contributed by atoms with Gasteiger partial charge in [-0.1, -0.05) is 82.3 Å². The molecule has 0 aliphatic carbocycles. The van der Waals surface area contributed by atoms with Crippen LogP contribution < -0.4 is 31.7 Å². The van der Waals surface area contributed by atoms with E-state index in [9.17, 15) is 24.0 Å². The van der Waals surface area contributed by atoms with E-state index in [0.29, 0.717) is 59.7 Å². The Kier molecular flexibility index (Phi) is 19.9. The Hall–Kier alpha value is -6.92. The number of pyridine rings is 1. The fraction of sp³-hybridized carbons (Fsp3) is 0.527. The first-order valence-electron chi connectivity index (χ1n) is 25.8. The Morgan fingerprint density at radius 3 is 2.44 bits per heavy atom. The molecule has 0 saturated carbocycles. The molecular formula is C55H76N12O8. The number of carbonyl (C=O) groups excluding carboxylic acids is 5. The molecule has 20 nitrogen and oxygen atoms in total. The number of likely N-dealkylation sites (tertiary alicyclic amines) is 1. The predicted octanol–water partition coefficient (Wildman–Crippen LogP) is 4.96. The molecule has 0 spiro atoms. The maximum absolute atomic E-state index is 14.4. The molecule has 75 heavy (non-hydrogen) atoms. The molecule has 1 fully saturated rings. The Labute approximate surface area is 441 Å². The number of rotatable bonds is 21. The van der Waals surface area contributed by atoms with E-state index < -0.39 is 29.6 Å². The molecule has 0 unspecified atom stereocenters. The van der Waals surface area contributed by atoms with E-state index in [0.717, 1.165) is 11.1 Å². The number of carbonyl (C=O) groups is 5. The molecule has 2 aromatic heterocycles. The highest BCUT2D eigenvalue weighted by Crippen LogP contribution is 2.39. The number of aromatic nitrogens is 3. The van der Waals surface area contributed by atoms with Gasteiger partial charge < -0.3 is 60.8 Å². The monoisotopic (exact) mass is 1030 g/mol. The Balaban J connectivity index is 0.993. The number of hydrogen-bond acceptors (Lipinski definition) is 13. The second-order valence-corrected chi connectivity index (χ2v) is 20.5. The number of aryl methyl sites for hydroxylation is 1. The lowest BCUT2D eigenvalue weighted by Gasteiger charge is -2.36. The lowest BCUT2D eigenvalue weighted by atomic mass is 9.85. The second-order valence-electron chi connectivity index (χ2n) is 20.5. The van der Waals surface area contributed by atoms with E-state index in [1.807, 2.05) is 84.0 Å². The molecule has 2 aliphatic rings. The number of nitrogen functional groups attached to an aromatic ring is 1. The second kappa shape index (κ2) is 26.0. The predicted molar refractivity (Wildman–Crippen MR) is 285 cm³/mol. The number of nitrogens with two attached hydrogens (primary N) is 1. The molecule has 4 heterocycles. The summed E-state index contributed by atoms with van der Waals surface area (Å²) in [6, 6.07) is 14.5. The van der Waals surface area contributed by atoms with Crippen LogP contribution in [0.25, 0.3) is 16.0 Å². The fourth-order valence-corrected chi connectivity index (χ4v) is 9.30. The van der Waals surface area contributed by atoms with Gasteiger partial charge in [-0.2, -0.15) is 4.68 Å². The first-order valence-corrected chi connectivity index (χ1v) is 25.8. The molecule has 2 aliphatic heterocycles. The summed E-state index contributed by atoms with van der Waals surface area (Å²) in [5.74, 6) is -0.642. The van der Waals surface area contributed by atoms with Crippen molar-refractivity contribution in [1.82, 2.24) is 50.7 Å². The maximum Gasteiger partial charge on any atom is 0.303 e. The summed E-state index contributed by atoms with van der Waals surface area (Å²) in [6.07, 6.45) is 2.21. The molecule has 4 aromatic rings. The summed E-state index contributed by atoms with van der Waals surface area (Å²) in [5, 5.41) is 17.2. The van der Waals surface area contributed by atoms with Crippen molar-refractivity contribution in [2.24, 2.45) is 5.41 Å². The summed E-state index contributed by atoms with van der Waals surface area (Å²) in [6.45, 7) is 23.7. The summed E-state index contributed by atoms with van der Waals surface area (Å²) in [7, 11) is 5.08. The largest absolute Gasteiger partial charge is 0.482 e. The number of nitrogens with one attached hydrogen (secondary N) is 4. The van der Waals surface area contributed by atoms with Gasteiger partial charge in [0.1, 0.15) is 18.2 Å². The summed E-state index contributed by atoms with van der Waals surface area (Å²) in [4.78, 5) is 81.7. The summed E-state index contributed by atoms with van der Waals surface area (Å²) >= 11 is 0. The van der Waals surface area contributed by atoms with Gasteiger partial charge in [-0.05, 0) is 74.4 Å². The van der Waals surface area contributed by atoms with E-state index in [1.54, 1.807) is 65.8 Å². The zero-order chi connectivity index (χ0) is 54.6. The van der Waals surface area contributed by atoms with Gasteiger partial charge in [-0.25, -0.2) is 4.98 Å². The zero-order valence-electron chi connectivity index (χ0n) is 45.2. The zero-order valence-corrected chi connectivity index (χ0v) is 45.2. The van der Waals surface area contributed by atoms with Crippen LogP contribution in [0.15, 0.2) is 60.8 Å². The third-order valence-electron chi connectivity index (χ3n) is 13.9. The van der Waals surface area contributed by atoms with Crippen molar-refractivity contribution in [3.05, 3.63) is 100 Å². The van der Waals surface area contributed by atoms with Crippen molar-refractivity contribution in [1.29, 1.82) is 0 Å². The van der Waals surface area contributed by atoms with Crippen molar-refractivity contribution in [3.8, 4) is 16.9 Å². The highest BCUT2D eigenvalue weighted by molar-refractivity contribution is 5.96. The van der Waals surface area contributed by atoms with Gasteiger partial charge in [-0.3, -0.25) is 24.0 Å². The van der Waals surface area contributed by atoms with Crippen LogP contribution >= 0.6 is 0 Å². The third-order valence-corrected chi connectivity index (χ3v) is 13.9. The highest BCUT2D eigenvalue weighted by Gasteiger charge is 2.45. The number of hydrogen-bond donors (Lipinski definition) is 5. The lowest BCUT2D eigenvalue weighted by Crippen LogP contribution is -2.59. The van der Waals surface area contributed by atoms with Gasteiger partial charge in [0.2, 0.25) is 23.6 Å². The van der Waals surface area contributed by atoms with Gasteiger partial charge in [0.05, 0.1) is 63.7 Å². The summed E-state index contributed by atoms with van der Waals surface area (Å²) < 4.78 is 19.6. The SMILES string of the molecule is [C-]#[N+]c1nn(CCN(C)C(=O)CCOCCOCCN[C@H]2C[C@@H](C(=O)N[C@H](CC)c3ccccc3)N(C(=O)[C@@H](NC(=O)[C@H](C)NC)C(C)(C)C)C2)c2c1-c1cnc(N)c(c1)O[C@H](C)c1cc(C)ccc1C(=O)N(C)C2. The van der Waals surface area contributed by atoms with Crippen LogP contribution in [0, 0.1) is 18.9 Å². The Bertz CT molecular complexity index is 2680. The lowest BCUT2D eigenvalue weighted by molar-refractivity contribution is -0.144. The van der Waals surface area contributed by atoms with Crippen molar-refractivity contribution < 1.29 is 38.2 Å². The average Bonchev–Trinajstić information content (AvgIpc) is 3.98. The smallest absolute Gasteiger partial charge is 0.303 e. The van der Waals surface area contributed by atoms with Crippen molar-refractivity contribution >= 4 is 41.2 Å². The highest BCUT2D eigenvalue weighted by atomic mass is 16.5. The molecule has 404 valence electrons. The average molecular weight is 1030 g/mol. The molecule has 0 radical (unpaired) electrons. The third kappa shape index (κ3) is 14.5. The van der Waals surface area contributed by atoms with Crippen LogP contribution in [0.3, 0.4) is 0 Å². The number of fused-ring (bicyclic) bond motifs is 5. The molecule has 20 heteroatoms. The molecule has 1 saturated heterocycles. The minimum absolute atomic E-state index is 0.118. The Morgan fingerprint density at radius 1 is 1.04 bits per heavy atom. The van der Waals surface area contributed by atoms with E-state index in [4.69, 9.17) is 26.5 Å². The number of benzene rings is 2. The van der Waals surface area contributed by atoms with E-state index in [-0.39, 0.29) is 106 Å². The molecule has 6 rings (SSSR count). The van der Waals surface area contributed by atoms with Crippen LogP contribution in [-0.2, 0) is 41.7 Å². The Morgan fingerprint density at radius 2 is 1.76 bits per heavy atom. The van der Waals surface area contributed by atoms with E-state index >= 15 is 0 Å². The van der Waals surface area contributed by atoms with Crippen molar-refractivity contribution in [2.45, 2.75) is 117 Å². The molecule has 2 aromatic carbocycles. The fourth-order valence-electron chi connectivity index (χ4n) is 9.30. The molecular weight excluding hydrogens is 957 g/mol. The number of likely N-dealkylation sites (N-methyl/N-ethyl adjacent to an activating group) is 2. The van der Waals surface area contributed by atoms with Crippen LogP contribution in [0.4, 0.5) is 11.6 Å². The number of nitrogens with zero attached hydrogens (tertiary/aromatic N) is 7. The molecule has 5 amide bonds. The van der Waals surface area contributed by atoms with Crippen LogP contribution in [0.2, 0.25) is 0 Å². The standard InChI is InChI=1S/C55H76N12O8/c1-12-42(37-16-14-13-15-17-37)61-52(70)43-30-39(32-66(43)54(72)48(55(5,6)7)62-51(69)35(3)57-8)59-21-25-74-27-26-73-24-20-46(68)64(10)22-23-67-44-33-65(11)53(71)40-19-18-34(2)28-41(40)36(4)75-45-29-38(31-60-49(45)56)47(44)50(58-9)63-67/h13-19,28-29,31,35-36,39,42-43,48,57,59H,12,20-27,30,32-33H2,1-8,10-11H3,(H2,56,60)(H,61,70)(H,62,69)/t35-,36+,39-,42+,43-,48+/m0/s1. The molecule has 6 atom stereocenters.